The van der Waals surface area contributed by atoms with E-state index in [0.29, 0.717) is 5.78 Å². The third kappa shape index (κ3) is 8.83. The lowest BCUT2D eigenvalue weighted by Crippen LogP contribution is -2.36. The van der Waals surface area contributed by atoms with E-state index in [9.17, 15) is 0 Å². The molecule has 9 aromatic heterocycles. The van der Waals surface area contributed by atoms with Gasteiger partial charge in [0, 0.05) is 42.4 Å². The van der Waals surface area contributed by atoms with Gasteiger partial charge in [-0.15, -0.1) is 32.0 Å². The quantitative estimate of drug-likeness (QED) is 0.161. The molecule has 0 saturated heterocycles. The van der Waals surface area contributed by atoms with Gasteiger partial charge < -0.3 is 26.5 Å². The van der Waals surface area contributed by atoms with Gasteiger partial charge in [0.2, 0.25) is 0 Å². The number of benzene rings is 8. The molecule has 0 amide bonds. The number of aliphatic imine (C=N–C) groups is 3. The monoisotopic (exact) mass is 1240 g/mol. The zero-order valence-corrected chi connectivity index (χ0v) is 53.3. The van der Waals surface area contributed by atoms with Gasteiger partial charge in [-0.25, -0.2) is 19.1 Å². The van der Waals surface area contributed by atoms with Crippen LogP contribution in [-0.2, 0) is 7.05 Å². The van der Waals surface area contributed by atoms with E-state index in [-0.39, 0.29) is 12.3 Å². The predicted octanol–water partition coefficient (Wildman–Crippen LogP) is 18.2. The van der Waals surface area contributed by atoms with Gasteiger partial charge in [0.05, 0.1) is 73.3 Å². The number of nitrogens with zero attached hydrogens (tertiary/aromatic N) is 8. The molecule has 2 unspecified atom stereocenters. The lowest BCUT2D eigenvalue weighted by atomic mass is 10.0. The minimum Gasteiger partial charge on any atom is -0.452 e. The molecule has 3 aliphatic heterocycles. The average molecular weight is 1250 g/mol. The van der Waals surface area contributed by atoms with E-state index >= 15 is 0 Å². The number of fused-ring (bicyclic) bond motifs is 20. The van der Waals surface area contributed by atoms with E-state index in [2.05, 4.69) is 170 Å². The Kier molecular flexibility index (Phi) is 12.9. The first-order valence-corrected chi connectivity index (χ1v) is 32.2. The molecule has 3 aliphatic rings. The van der Waals surface area contributed by atoms with Crippen molar-refractivity contribution in [1.29, 1.82) is 0 Å². The number of hydrogen-bond donors (Lipinski definition) is 0. The fourth-order valence-corrected chi connectivity index (χ4v) is 16.1. The number of furan rings is 6. The predicted molar refractivity (Wildman–Crippen MR) is 375 cm³/mol. The molecule has 0 N–H and O–H groups in total. The van der Waals surface area contributed by atoms with Crippen LogP contribution in [0.3, 0.4) is 0 Å². The molecule has 14 nitrogen and oxygen atoms in total. The summed E-state index contributed by atoms with van der Waals surface area (Å²) in [5.41, 5.74) is 17.9. The first-order valence-electron chi connectivity index (χ1n) is 30.6. The summed E-state index contributed by atoms with van der Waals surface area (Å²) in [5.74, 6) is 1.58. The molecule has 20 rings (SSSR count). The molecule has 8 aromatic carbocycles. The Labute approximate surface area is 533 Å². The summed E-state index contributed by atoms with van der Waals surface area (Å²) in [6.45, 7) is 9.37. The molecule has 448 valence electrons. The van der Waals surface area contributed by atoms with Crippen LogP contribution in [0.25, 0.3) is 135 Å². The molecule has 0 aliphatic carbocycles. The summed E-state index contributed by atoms with van der Waals surface area (Å²) in [4.78, 5) is 13.6. The number of hydrogen-bond acceptors (Lipinski definition) is 11. The Morgan fingerprint density at radius 1 is 0.467 bits per heavy atom. The Bertz CT molecular complexity index is 6130. The number of rotatable bonds is 4. The third-order valence-corrected chi connectivity index (χ3v) is 20.5. The van der Waals surface area contributed by atoms with E-state index in [1.54, 1.807) is 0 Å². The molecule has 17 aromatic rings. The van der Waals surface area contributed by atoms with Gasteiger partial charge in [0.15, 0.2) is 59.8 Å². The van der Waals surface area contributed by atoms with Gasteiger partial charge in [0.1, 0.15) is 54.2 Å². The maximum absolute atomic E-state index is 6.27. The minimum atomic E-state index is -0.0415. The van der Waals surface area contributed by atoms with Crippen LogP contribution in [0.15, 0.2) is 206 Å². The normalized spacial score (nSPS) is 15.5. The SMILES string of the molecule is Cc1cc2c(cc1-n1ccc[n+]1C)sc1sc3ccccc3c12.Cc1cc2c(cc1C1=[N+](C)CC=N1)oc1c3ccccc3oc21.Cc1cc2c(cc1C1N=CC=[N+]1C)oc1oc3ccccc3c12.Cc1ccc2c(oc3c4ccccc4oc23)c1C1N=CC=[N+]1C. The van der Waals surface area contributed by atoms with Crippen LogP contribution in [0.2, 0.25) is 0 Å². The van der Waals surface area contributed by atoms with Crippen LogP contribution < -0.4 is 4.68 Å². The first-order chi connectivity index (χ1) is 44.9. The van der Waals surface area contributed by atoms with Crippen molar-refractivity contribution >= 4 is 188 Å². The molecule has 0 fully saturated rings. The van der Waals surface area contributed by atoms with Crippen LogP contribution in [0, 0.1) is 27.7 Å². The summed E-state index contributed by atoms with van der Waals surface area (Å²) in [7, 11) is 8.18. The van der Waals surface area contributed by atoms with E-state index in [1.807, 2.05) is 142 Å². The highest BCUT2D eigenvalue weighted by atomic mass is 32.2. The van der Waals surface area contributed by atoms with Crippen molar-refractivity contribution in [1.82, 2.24) is 4.68 Å². The van der Waals surface area contributed by atoms with Crippen molar-refractivity contribution in [3.05, 3.63) is 203 Å². The highest BCUT2D eigenvalue weighted by Gasteiger charge is 2.31. The van der Waals surface area contributed by atoms with Crippen LogP contribution in [-0.4, -0.2) is 83.0 Å². The van der Waals surface area contributed by atoms with Crippen molar-refractivity contribution in [2.45, 2.75) is 40.0 Å². The standard InChI is InChI=1S/3C19H15N2O2.C19H15N2S2/c1-11-9-14-16(10-13(11)19-20-7-8-21(19)2)23-17-12-5-3-4-6-15(12)22-18(14)17;1-11-9-14-16(10-13(11)18-20-7-8-21(18)2)23-19-17(14)12-5-3-4-6-15(12)22-19;1-11-7-8-13-16(15(11)19-20-9-10-21(19)2)23-17-12-5-3-4-6-14(12)22-18(13)17;1-12-10-14-17(11-15(12)21-9-5-8-20(21)2)23-19-18(14)13-6-3-4-7-16(13)22-19/h3-7,9-10H,8H2,1-2H3;3-10,18H,1-2H3;3-10,19H,1-2H3;3-11H,1-2H3/q4*+1. The van der Waals surface area contributed by atoms with Crippen molar-refractivity contribution < 1.29 is 44.9 Å². The largest absolute Gasteiger partial charge is 0.452 e. The summed E-state index contributed by atoms with van der Waals surface area (Å²) in [5, 5.41) is 11.5. The van der Waals surface area contributed by atoms with Crippen LogP contribution in [0.4, 0.5) is 0 Å². The molecule has 92 heavy (non-hydrogen) atoms. The Morgan fingerprint density at radius 2 is 1.07 bits per heavy atom. The van der Waals surface area contributed by atoms with Gasteiger partial charge in [-0.3, -0.25) is 4.58 Å². The van der Waals surface area contributed by atoms with Gasteiger partial charge in [0.25, 0.3) is 18.1 Å². The Balaban J connectivity index is 0.0000000939. The molecule has 0 spiro atoms. The average Bonchev–Trinajstić information content (AvgIpc) is 1.68. The highest BCUT2D eigenvalue weighted by Crippen LogP contribution is 2.46. The number of thiophene rings is 2. The molecule has 0 radical (unpaired) electrons. The van der Waals surface area contributed by atoms with E-state index in [1.165, 1.54) is 57.5 Å². The third-order valence-electron chi connectivity index (χ3n) is 18.1. The summed E-state index contributed by atoms with van der Waals surface area (Å²) < 4.78 is 51.1. The zero-order valence-electron chi connectivity index (χ0n) is 51.7. The van der Waals surface area contributed by atoms with Crippen LogP contribution >= 0.6 is 22.7 Å². The van der Waals surface area contributed by atoms with Crippen molar-refractivity contribution in [2.75, 3.05) is 27.7 Å². The van der Waals surface area contributed by atoms with Gasteiger partial charge in [-0.2, -0.15) is 0 Å². The Hall–Kier alpha value is -10.8. The lowest BCUT2D eigenvalue weighted by molar-refractivity contribution is -0.744. The zero-order chi connectivity index (χ0) is 62.2. The second kappa shape index (κ2) is 21.4. The maximum Gasteiger partial charge on any atom is 0.325 e. The van der Waals surface area contributed by atoms with E-state index in [0.717, 1.165) is 123 Å². The second-order valence-electron chi connectivity index (χ2n) is 24.0. The van der Waals surface area contributed by atoms with Crippen LogP contribution in [0.5, 0.6) is 0 Å². The number of aromatic nitrogens is 2. The van der Waals surface area contributed by atoms with E-state index < -0.39 is 0 Å². The maximum atomic E-state index is 6.27. The summed E-state index contributed by atoms with van der Waals surface area (Å²) in [6.07, 6.45) is 13.7. The van der Waals surface area contributed by atoms with Gasteiger partial charge >= 0.3 is 5.84 Å². The second-order valence-corrected chi connectivity index (χ2v) is 26.4. The highest BCUT2D eigenvalue weighted by molar-refractivity contribution is 7.44. The molecule has 0 bridgehead atoms. The summed E-state index contributed by atoms with van der Waals surface area (Å²) >= 11 is 3.82. The Morgan fingerprint density at radius 3 is 1.76 bits per heavy atom. The molecule has 16 heteroatoms. The fraction of sp³-hybridized carbons (Fsp3) is 0.145. The van der Waals surface area contributed by atoms with Gasteiger partial charge in [-0.05, 0) is 134 Å². The lowest BCUT2D eigenvalue weighted by Gasteiger charge is -2.09. The minimum absolute atomic E-state index is 0.0209. The smallest absolute Gasteiger partial charge is 0.325 e. The molecular formula is C76H60N8O6S2+4. The number of amidine groups is 1. The van der Waals surface area contributed by atoms with Crippen molar-refractivity contribution in [3.63, 3.8) is 0 Å². The first kappa shape index (κ1) is 55.3. The van der Waals surface area contributed by atoms with Crippen molar-refractivity contribution in [2.24, 2.45) is 22.0 Å². The molecule has 12 heterocycles. The number of para-hydroxylation sites is 3. The molecule has 2 atom stereocenters. The number of aryl methyl sites for hydroxylation is 5. The van der Waals surface area contributed by atoms with Gasteiger partial charge in [-0.1, -0.05) is 66.7 Å². The molecule has 0 saturated carbocycles. The van der Waals surface area contributed by atoms with Crippen molar-refractivity contribution in [3.8, 4) is 5.69 Å². The molecular weight excluding hydrogens is 1190 g/mol. The van der Waals surface area contributed by atoms with E-state index in [4.69, 9.17) is 26.5 Å². The van der Waals surface area contributed by atoms with Crippen LogP contribution in [0.1, 0.15) is 51.3 Å². The fourth-order valence-electron chi connectivity index (χ4n) is 13.5. The topological polar surface area (TPSA) is 134 Å². The summed E-state index contributed by atoms with van der Waals surface area (Å²) in [6, 6.07) is 52.1.